The third-order valence-electron chi connectivity index (χ3n) is 4.41. The molecule has 3 aromatic heterocycles. The van der Waals surface area contributed by atoms with Crippen LogP contribution >= 0.6 is 0 Å². The molecule has 5 nitrogen and oxygen atoms in total. The molecule has 0 amide bonds. The Labute approximate surface area is 136 Å². The summed E-state index contributed by atoms with van der Waals surface area (Å²) in [5, 5.41) is 9.48. The maximum atomic E-state index is 8.56. The van der Waals surface area contributed by atoms with Gasteiger partial charge in [0, 0.05) is 18.4 Å². The fraction of sp³-hybridized carbons (Fsp3) is 0.389. The molecule has 0 aliphatic carbocycles. The molecular weight excluding hydrogens is 286 g/mol. The molecule has 0 aromatic carbocycles. The van der Waals surface area contributed by atoms with Gasteiger partial charge in [-0.25, -0.2) is 9.97 Å². The van der Waals surface area contributed by atoms with Crippen LogP contribution in [0.1, 0.15) is 36.6 Å². The number of aryl methyl sites for hydroxylation is 3. The summed E-state index contributed by atoms with van der Waals surface area (Å²) >= 11 is 0. The lowest BCUT2D eigenvalue weighted by Gasteiger charge is -2.09. The van der Waals surface area contributed by atoms with Crippen molar-refractivity contribution in [2.45, 2.75) is 47.1 Å². The van der Waals surface area contributed by atoms with E-state index in [0.717, 1.165) is 53.1 Å². The highest BCUT2D eigenvalue weighted by Gasteiger charge is 2.16. The number of rotatable bonds is 4. The van der Waals surface area contributed by atoms with E-state index in [1.807, 2.05) is 16.8 Å². The Bertz CT molecular complexity index is 917. The second-order valence-electron chi connectivity index (χ2n) is 6.08. The summed E-state index contributed by atoms with van der Waals surface area (Å²) in [4.78, 5) is 9.14. The smallest absolute Gasteiger partial charge is 0.151 e. The van der Waals surface area contributed by atoms with E-state index in [9.17, 15) is 0 Å². The van der Waals surface area contributed by atoms with Crippen molar-refractivity contribution >= 4 is 11.0 Å². The Morgan fingerprint density at radius 2 is 1.96 bits per heavy atom. The minimum Gasteiger partial charge on any atom is -0.317 e. The van der Waals surface area contributed by atoms with Crippen molar-refractivity contribution in [1.82, 2.24) is 19.1 Å². The van der Waals surface area contributed by atoms with Crippen molar-refractivity contribution in [3.63, 3.8) is 0 Å². The largest absolute Gasteiger partial charge is 0.317 e. The molecule has 0 unspecified atom stereocenters. The first-order valence-electron chi connectivity index (χ1n) is 8.09. The van der Waals surface area contributed by atoms with E-state index in [0.29, 0.717) is 5.49 Å². The standard InChI is InChI=1S/C18H23N5/c1-5-6-9-22-11-21-18-16(17(22)19)13(3)14(4)23(18)15-10-12(2)7-8-20-15/h7-8,10-11,19H,5-6,9H2,1-4H3. The lowest BCUT2D eigenvalue weighted by Crippen LogP contribution is -2.21. The molecule has 0 fully saturated rings. The van der Waals surface area contributed by atoms with Crippen LogP contribution in [0.5, 0.6) is 0 Å². The second kappa shape index (κ2) is 5.99. The average Bonchev–Trinajstić information content (AvgIpc) is 2.79. The summed E-state index contributed by atoms with van der Waals surface area (Å²) in [6.45, 7) is 9.18. The highest BCUT2D eigenvalue weighted by atomic mass is 15.1. The summed E-state index contributed by atoms with van der Waals surface area (Å²) in [5.74, 6) is 0.860. The van der Waals surface area contributed by atoms with Crippen LogP contribution in [0.2, 0.25) is 0 Å². The third kappa shape index (κ3) is 2.56. The minimum atomic E-state index is 0.537. The van der Waals surface area contributed by atoms with Crippen molar-refractivity contribution in [2.24, 2.45) is 0 Å². The Morgan fingerprint density at radius 1 is 1.17 bits per heavy atom. The van der Waals surface area contributed by atoms with Gasteiger partial charge in [0.15, 0.2) is 5.65 Å². The van der Waals surface area contributed by atoms with Gasteiger partial charge in [0.25, 0.3) is 0 Å². The van der Waals surface area contributed by atoms with E-state index >= 15 is 0 Å². The summed E-state index contributed by atoms with van der Waals surface area (Å²) in [6, 6.07) is 4.04. The minimum absolute atomic E-state index is 0.537. The molecule has 0 atom stereocenters. The van der Waals surface area contributed by atoms with E-state index in [1.54, 1.807) is 6.33 Å². The number of unbranched alkanes of at least 4 members (excludes halogenated alkanes) is 1. The third-order valence-corrected chi connectivity index (χ3v) is 4.41. The van der Waals surface area contributed by atoms with E-state index in [2.05, 4.69) is 48.3 Å². The van der Waals surface area contributed by atoms with Gasteiger partial charge in [-0.2, -0.15) is 0 Å². The van der Waals surface area contributed by atoms with Crippen LogP contribution in [-0.2, 0) is 6.54 Å². The topological polar surface area (TPSA) is 59.5 Å². The molecule has 5 heteroatoms. The van der Waals surface area contributed by atoms with Crippen LogP contribution in [0.4, 0.5) is 0 Å². The fourth-order valence-electron chi connectivity index (χ4n) is 2.94. The van der Waals surface area contributed by atoms with Crippen LogP contribution in [-0.4, -0.2) is 19.1 Å². The van der Waals surface area contributed by atoms with Crippen LogP contribution in [0.25, 0.3) is 16.9 Å². The van der Waals surface area contributed by atoms with Gasteiger partial charge in [-0.1, -0.05) is 13.3 Å². The van der Waals surface area contributed by atoms with Crippen LogP contribution in [0, 0.1) is 26.2 Å². The zero-order valence-electron chi connectivity index (χ0n) is 14.2. The predicted molar refractivity (Wildman–Crippen MR) is 91.8 cm³/mol. The molecule has 3 heterocycles. The maximum Gasteiger partial charge on any atom is 0.151 e. The number of hydrogen-bond acceptors (Lipinski definition) is 3. The molecule has 0 aliphatic heterocycles. The van der Waals surface area contributed by atoms with Crippen molar-refractivity contribution in [3.8, 4) is 5.82 Å². The lowest BCUT2D eigenvalue weighted by atomic mass is 10.2. The molecule has 3 aromatic rings. The van der Waals surface area contributed by atoms with E-state index in [-0.39, 0.29) is 0 Å². The van der Waals surface area contributed by atoms with E-state index in [1.165, 1.54) is 0 Å². The highest BCUT2D eigenvalue weighted by molar-refractivity contribution is 5.82. The van der Waals surface area contributed by atoms with Crippen LogP contribution in [0.3, 0.4) is 0 Å². The first-order chi connectivity index (χ1) is 11.0. The number of fused-ring (bicyclic) bond motifs is 1. The summed E-state index contributed by atoms with van der Waals surface area (Å²) in [6.07, 6.45) is 5.77. The molecule has 0 bridgehead atoms. The van der Waals surface area contributed by atoms with Crippen LogP contribution < -0.4 is 5.49 Å². The Kier molecular flexibility index (Phi) is 4.03. The number of pyridine rings is 1. The van der Waals surface area contributed by atoms with Gasteiger partial charge in [-0.15, -0.1) is 0 Å². The van der Waals surface area contributed by atoms with Crippen molar-refractivity contribution in [3.05, 3.63) is 47.0 Å². The molecule has 23 heavy (non-hydrogen) atoms. The molecule has 0 spiro atoms. The van der Waals surface area contributed by atoms with E-state index in [4.69, 9.17) is 5.41 Å². The molecular formula is C18H23N5. The number of nitrogens with one attached hydrogen (secondary N) is 1. The second-order valence-corrected chi connectivity index (χ2v) is 6.08. The fourth-order valence-corrected chi connectivity index (χ4v) is 2.94. The lowest BCUT2D eigenvalue weighted by molar-refractivity contribution is 0.596. The van der Waals surface area contributed by atoms with Crippen molar-refractivity contribution in [2.75, 3.05) is 0 Å². The molecule has 0 aliphatic rings. The monoisotopic (exact) mass is 309 g/mol. The van der Waals surface area contributed by atoms with Crippen molar-refractivity contribution in [1.29, 1.82) is 5.41 Å². The van der Waals surface area contributed by atoms with Gasteiger partial charge in [0.1, 0.15) is 11.3 Å². The zero-order valence-corrected chi connectivity index (χ0v) is 14.2. The first-order valence-corrected chi connectivity index (χ1v) is 8.09. The molecule has 0 saturated heterocycles. The van der Waals surface area contributed by atoms with Crippen molar-refractivity contribution < 1.29 is 0 Å². The predicted octanol–water partition coefficient (Wildman–Crippen LogP) is 3.43. The SMILES string of the molecule is CCCCn1cnc2c(c(C)c(C)n2-c2cc(C)ccn2)c1=N. The summed E-state index contributed by atoms with van der Waals surface area (Å²) in [7, 11) is 0. The Morgan fingerprint density at radius 3 is 2.65 bits per heavy atom. The first kappa shape index (κ1) is 15.5. The van der Waals surface area contributed by atoms with Gasteiger partial charge < -0.3 is 4.57 Å². The Balaban J connectivity index is 2.27. The zero-order chi connectivity index (χ0) is 16.6. The molecule has 120 valence electrons. The summed E-state index contributed by atoms with van der Waals surface area (Å²) in [5.41, 5.74) is 4.71. The normalized spacial score (nSPS) is 11.3. The van der Waals surface area contributed by atoms with E-state index < -0.39 is 0 Å². The van der Waals surface area contributed by atoms with Crippen LogP contribution in [0.15, 0.2) is 24.7 Å². The number of nitrogens with zero attached hydrogens (tertiary/aromatic N) is 4. The van der Waals surface area contributed by atoms with Gasteiger partial charge in [0.2, 0.25) is 0 Å². The molecule has 1 N–H and O–H groups in total. The van der Waals surface area contributed by atoms with Gasteiger partial charge in [0.05, 0.1) is 11.7 Å². The number of aromatic nitrogens is 4. The van der Waals surface area contributed by atoms with Gasteiger partial charge >= 0.3 is 0 Å². The summed E-state index contributed by atoms with van der Waals surface area (Å²) < 4.78 is 3.99. The number of hydrogen-bond donors (Lipinski definition) is 1. The Hall–Kier alpha value is -2.43. The maximum absolute atomic E-state index is 8.56. The molecule has 0 saturated carbocycles. The highest BCUT2D eigenvalue weighted by Crippen LogP contribution is 2.24. The van der Waals surface area contributed by atoms with Gasteiger partial charge in [-0.05, 0) is 50.5 Å². The molecule has 3 rings (SSSR count). The molecule has 0 radical (unpaired) electrons. The van der Waals surface area contributed by atoms with Gasteiger partial charge in [-0.3, -0.25) is 9.98 Å². The average molecular weight is 309 g/mol. The quantitative estimate of drug-likeness (QED) is 0.802.